The van der Waals surface area contributed by atoms with E-state index in [1.54, 1.807) is 0 Å². The number of rotatable bonds is 6. The lowest BCUT2D eigenvalue weighted by atomic mass is 10.3. The first-order valence-corrected chi connectivity index (χ1v) is 7.67. The van der Waals surface area contributed by atoms with E-state index in [1.807, 2.05) is 0 Å². The summed E-state index contributed by atoms with van der Waals surface area (Å²) in [5.41, 5.74) is 0.131. The summed E-state index contributed by atoms with van der Waals surface area (Å²) < 4.78 is 26.7. The van der Waals surface area contributed by atoms with E-state index < -0.39 is 15.8 Å². The largest absolute Gasteiger partial charge is 0.478 e. The van der Waals surface area contributed by atoms with Crippen molar-refractivity contribution in [2.24, 2.45) is 0 Å². The van der Waals surface area contributed by atoms with Crippen LogP contribution in [0.3, 0.4) is 0 Å². The molecule has 0 amide bonds. The van der Waals surface area contributed by atoms with Crippen molar-refractivity contribution < 1.29 is 22.7 Å². The summed E-state index contributed by atoms with van der Waals surface area (Å²) in [6.07, 6.45) is 2.49. The Morgan fingerprint density at radius 2 is 2.25 bits per heavy atom. The summed E-state index contributed by atoms with van der Waals surface area (Å²) in [6.45, 7) is 0. The van der Waals surface area contributed by atoms with Gasteiger partial charge in [-0.1, -0.05) is 0 Å². The number of aromatic carboxylic acids is 1. The molecule has 1 rings (SSSR count). The molecule has 0 radical (unpaired) electrons. The fraction of sp³-hybridized carbons (Fsp3) is 0.444. The minimum absolute atomic E-state index is 0.0841. The fourth-order valence-electron chi connectivity index (χ4n) is 1.02. The van der Waals surface area contributed by atoms with Gasteiger partial charge in [-0.25, -0.2) is 13.2 Å². The van der Waals surface area contributed by atoms with E-state index in [0.29, 0.717) is 17.3 Å². The molecule has 0 aliphatic heterocycles. The molecule has 1 heterocycles. The number of carboxylic acid groups (broad SMARTS) is 1. The first kappa shape index (κ1) is 13.1. The molecule has 1 aromatic heterocycles. The molecule has 16 heavy (non-hydrogen) atoms. The molecule has 90 valence electrons. The standard InChI is InChI=1S/C9H12O5S2/c1-16(12,13)5-4-15-6-8-7(9(10)11)2-3-14-8/h2-3H,4-6H2,1H3,(H,10,11). The van der Waals surface area contributed by atoms with Gasteiger partial charge in [-0.05, 0) is 6.07 Å². The van der Waals surface area contributed by atoms with Gasteiger partial charge in [0.1, 0.15) is 21.2 Å². The average molecular weight is 264 g/mol. The van der Waals surface area contributed by atoms with Crippen molar-refractivity contribution in [1.29, 1.82) is 0 Å². The van der Waals surface area contributed by atoms with Crippen molar-refractivity contribution in [2.45, 2.75) is 5.75 Å². The van der Waals surface area contributed by atoms with E-state index in [2.05, 4.69) is 0 Å². The van der Waals surface area contributed by atoms with Crippen LogP contribution in [0.4, 0.5) is 0 Å². The van der Waals surface area contributed by atoms with E-state index in [-0.39, 0.29) is 11.3 Å². The van der Waals surface area contributed by atoms with Gasteiger partial charge in [-0.15, -0.1) is 0 Å². The third kappa shape index (κ3) is 4.28. The van der Waals surface area contributed by atoms with Crippen LogP contribution in [-0.4, -0.2) is 37.3 Å². The summed E-state index contributed by atoms with van der Waals surface area (Å²) in [4.78, 5) is 10.7. The van der Waals surface area contributed by atoms with Gasteiger partial charge in [-0.2, -0.15) is 11.8 Å². The molecule has 0 saturated carbocycles. The summed E-state index contributed by atoms with van der Waals surface area (Å²) in [6, 6.07) is 1.38. The molecule has 0 aromatic carbocycles. The van der Waals surface area contributed by atoms with Gasteiger partial charge < -0.3 is 9.52 Å². The Hall–Kier alpha value is -0.950. The van der Waals surface area contributed by atoms with Crippen molar-refractivity contribution in [3.8, 4) is 0 Å². The first-order valence-electron chi connectivity index (χ1n) is 4.45. The quantitative estimate of drug-likeness (QED) is 0.778. The van der Waals surface area contributed by atoms with Crippen LogP contribution in [0.15, 0.2) is 16.7 Å². The summed E-state index contributed by atoms with van der Waals surface area (Å²) in [7, 11) is -2.96. The van der Waals surface area contributed by atoms with Crippen molar-refractivity contribution in [2.75, 3.05) is 17.8 Å². The lowest BCUT2D eigenvalue weighted by Gasteiger charge is -1.99. The molecule has 0 aliphatic rings. The monoisotopic (exact) mass is 264 g/mol. The number of sulfone groups is 1. The molecule has 0 unspecified atom stereocenters. The number of furan rings is 1. The second kappa shape index (κ2) is 5.40. The summed E-state index contributed by atoms with van der Waals surface area (Å²) in [5.74, 6) is 0.210. The molecular weight excluding hydrogens is 252 g/mol. The van der Waals surface area contributed by atoms with Crippen LogP contribution >= 0.6 is 11.8 Å². The number of carboxylic acids is 1. The van der Waals surface area contributed by atoms with Crippen LogP contribution < -0.4 is 0 Å². The van der Waals surface area contributed by atoms with E-state index in [4.69, 9.17) is 9.52 Å². The molecule has 0 atom stereocenters. The third-order valence-corrected chi connectivity index (χ3v) is 3.97. The molecule has 0 spiro atoms. The fourth-order valence-corrected chi connectivity index (χ4v) is 3.25. The SMILES string of the molecule is CS(=O)(=O)CCSCc1occc1C(=O)O. The normalized spacial score (nSPS) is 11.6. The summed E-state index contributed by atoms with van der Waals surface area (Å²) in [5, 5.41) is 8.78. The van der Waals surface area contributed by atoms with Crippen LogP contribution in [0, 0.1) is 0 Å². The minimum Gasteiger partial charge on any atom is -0.478 e. The Morgan fingerprint density at radius 1 is 1.56 bits per heavy atom. The Balaban J connectivity index is 2.43. The van der Waals surface area contributed by atoms with Crippen molar-refractivity contribution in [3.05, 3.63) is 23.7 Å². The van der Waals surface area contributed by atoms with Crippen molar-refractivity contribution in [3.63, 3.8) is 0 Å². The van der Waals surface area contributed by atoms with Crippen LogP contribution in [-0.2, 0) is 15.6 Å². The molecule has 5 nitrogen and oxygen atoms in total. The first-order chi connectivity index (χ1) is 7.40. The number of hydrogen-bond acceptors (Lipinski definition) is 5. The van der Waals surface area contributed by atoms with Gasteiger partial charge in [0.2, 0.25) is 0 Å². The zero-order chi connectivity index (χ0) is 12.2. The number of carbonyl (C=O) groups is 1. The van der Waals surface area contributed by atoms with Crippen molar-refractivity contribution >= 4 is 27.6 Å². The van der Waals surface area contributed by atoms with Gasteiger partial charge >= 0.3 is 5.97 Å². The van der Waals surface area contributed by atoms with E-state index in [0.717, 1.165) is 0 Å². The number of hydrogen-bond donors (Lipinski definition) is 1. The predicted octanol–water partition coefficient (Wildman–Crippen LogP) is 1.26. The Morgan fingerprint density at radius 3 is 2.81 bits per heavy atom. The van der Waals surface area contributed by atoms with Gasteiger partial charge in [0.05, 0.1) is 17.8 Å². The second-order valence-corrected chi connectivity index (χ2v) is 6.61. The molecule has 7 heteroatoms. The smallest absolute Gasteiger partial charge is 0.339 e. The third-order valence-electron chi connectivity index (χ3n) is 1.81. The summed E-state index contributed by atoms with van der Waals surface area (Å²) >= 11 is 1.33. The average Bonchev–Trinajstić information content (AvgIpc) is 2.58. The molecule has 1 aromatic rings. The van der Waals surface area contributed by atoms with E-state index in [1.165, 1.54) is 30.3 Å². The topological polar surface area (TPSA) is 84.6 Å². The lowest BCUT2D eigenvalue weighted by Crippen LogP contribution is -2.05. The van der Waals surface area contributed by atoms with E-state index >= 15 is 0 Å². The Kier molecular flexibility index (Phi) is 4.43. The number of thioether (sulfide) groups is 1. The van der Waals surface area contributed by atoms with Crippen molar-refractivity contribution in [1.82, 2.24) is 0 Å². The predicted molar refractivity (Wildman–Crippen MR) is 61.5 cm³/mol. The highest BCUT2D eigenvalue weighted by atomic mass is 32.2. The van der Waals surface area contributed by atoms with Gasteiger partial charge in [0.25, 0.3) is 0 Å². The molecule has 0 aliphatic carbocycles. The molecule has 1 N–H and O–H groups in total. The lowest BCUT2D eigenvalue weighted by molar-refractivity contribution is 0.0695. The molecule has 0 fully saturated rings. The maximum atomic E-state index is 10.8. The maximum absolute atomic E-state index is 10.8. The van der Waals surface area contributed by atoms with Crippen LogP contribution in [0.1, 0.15) is 16.1 Å². The van der Waals surface area contributed by atoms with Crippen LogP contribution in [0.2, 0.25) is 0 Å². The van der Waals surface area contributed by atoms with Gasteiger partial charge in [-0.3, -0.25) is 0 Å². The second-order valence-electron chi connectivity index (χ2n) is 3.25. The molecule has 0 bridgehead atoms. The highest BCUT2D eigenvalue weighted by Gasteiger charge is 2.13. The highest BCUT2D eigenvalue weighted by molar-refractivity contribution is 7.99. The zero-order valence-electron chi connectivity index (χ0n) is 8.67. The molecular formula is C9H12O5S2. The van der Waals surface area contributed by atoms with Crippen LogP contribution in [0.25, 0.3) is 0 Å². The van der Waals surface area contributed by atoms with Gasteiger partial charge in [0, 0.05) is 12.0 Å². The van der Waals surface area contributed by atoms with Gasteiger partial charge in [0.15, 0.2) is 0 Å². The van der Waals surface area contributed by atoms with Crippen LogP contribution in [0.5, 0.6) is 0 Å². The maximum Gasteiger partial charge on any atom is 0.339 e. The minimum atomic E-state index is -2.96. The van der Waals surface area contributed by atoms with E-state index in [9.17, 15) is 13.2 Å². The highest BCUT2D eigenvalue weighted by Crippen LogP contribution is 2.18. The molecule has 0 saturated heterocycles. The zero-order valence-corrected chi connectivity index (χ0v) is 10.3. The Labute approximate surface area is 97.8 Å². The Bertz CT molecular complexity index is 460.